The molecule has 1 aromatic carbocycles. The molecule has 5 rings (SSSR count). The first-order chi connectivity index (χ1) is 12.4. The van der Waals surface area contributed by atoms with E-state index in [1.807, 2.05) is 6.07 Å². The molecule has 3 aromatic rings. The largest absolute Gasteiger partial charge is 0.377 e. The molecule has 2 aliphatic rings. The molecule has 0 spiro atoms. The molecule has 0 amide bonds. The lowest BCUT2D eigenvalue weighted by Gasteiger charge is -2.48. The summed E-state index contributed by atoms with van der Waals surface area (Å²) in [7, 11) is 0. The second-order valence-corrected chi connectivity index (χ2v) is 7.99. The first kappa shape index (κ1) is 15.7. The van der Waals surface area contributed by atoms with E-state index in [9.17, 15) is 0 Å². The third kappa shape index (κ3) is 1.97. The van der Waals surface area contributed by atoms with E-state index < -0.39 is 0 Å². The SMILES string of the molecule is CC1(C)Nc2cc(F)c(-c3cncc4nncn34)cc2C2(C)CCOC12. The van der Waals surface area contributed by atoms with Crippen molar-refractivity contribution in [2.75, 3.05) is 11.9 Å². The topological polar surface area (TPSA) is 64.3 Å². The number of nitrogens with zero attached hydrogens (tertiary/aromatic N) is 4. The maximum absolute atomic E-state index is 15.1. The number of halogens is 1. The van der Waals surface area contributed by atoms with Crippen LogP contribution < -0.4 is 5.32 Å². The van der Waals surface area contributed by atoms with E-state index in [1.165, 1.54) is 0 Å². The lowest BCUT2D eigenvalue weighted by molar-refractivity contribution is 0.0352. The summed E-state index contributed by atoms with van der Waals surface area (Å²) in [5, 5.41) is 11.4. The Morgan fingerprint density at radius 1 is 1.27 bits per heavy atom. The van der Waals surface area contributed by atoms with Gasteiger partial charge in [0.2, 0.25) is 0 Å². The van der Waals surface area contributed by atoms with Crippen molar-refractivity contribution in [3.05, 3.63) is 42.2 Å². The van der Waals surface area contributed by atoms with Gasteiger partial charge in [-0.25, -0.2) is 4.39 Å². The third-order valence-corrected chi connectivity index (χ3v) is 5.82. The van der Waals surface area contributed by atoms with Crippen LogP contribution in [0.5, 0.6) is 0 Å². The van der Waals surface area contributed by atoms with E-state index in [-0.39, 0.29) is 22.9 Å². The number of benzene rings is 1. The molecule has 0 saturated carbocycles. The molecular weight excluding hydrogens is 333 g/mol. The van der Waals surface area contributed by atoms with Crippen molar-refractivity contribution in [3.63, 3.8) is 0 Å². The van der Waals surface area contributed by atoms with Crippen molar-refractivity contribution in [1.29, 1.82) is 0 Å². The van der Waals surface area contributed by atoms with Gasteiger partial charge in [0, 0.05) is 23.3 Å². The molecule has 0 aliphatic carbocycles. The van der Waals surface area contributed by atoms with Gasteiger partial charge in [-0.15, -0.1) is 10.2 Å². The van der Waals surface area contributed by atoms with Gasteiger partial charge in [0.1, 0.15) is 12.1 Å². The van der Waals surface area contributed by atoms with Crippen molar-refractivity contribution in [3.8, 4) is 11.3 Å². The molecule has 134 valence electrons. The van der Waals surface area contributed by atoms with Crippen molar-refractivity contribution in [2.24, 2.45) is 0 Å². The molecule has 1 saturated heterocycles. The maximum atomic E-state index is 15.1. The van der Waals surface area contributed by atoms with Crippen LogP contribution in [0.2, 0.25) is 0 Å². The number of rotatable bonds is 1. The standard InChI is InChI=1S/C19H20FN5O/c1-18(2)17-19(3,4-5-26-17)12-6-11(13(20)7-14(12)23-18)15-8-21-9-16-24-22-10-25(15)16/h6-10,17,23H,4-5H2,1-3H3. The fraction of sp³-hybridized carbons (Fsp3) is 0.421. The normalized spacial score (nSPS) is 26.4. The first-order valence-electron chi connectivity index (χ1n) is 8.78. The Kier molecular flexibility index (Phi) is 3.02. The Morgan fingerprint density at radius 2 is 2.12 bits per heavy atom. The predicted octanol–water partition coefficient (Wildman–Crippen LogP) is 3.18. The third-order valence-electron chi connectivity index (χ3n) is 5.82. The fourth-order valence-corrected chi connectivity index (χ4v) is 4.70. The molecule has 26 heavy (non-hydrogen) atoms. The lowest BCUT2D eigenvalue weighted by atomic mass is 9.67. The Hall–Kier alpha value is -2.54. The minimum Gasteiger partial charge on any atom is -0.377 e. The van der Waals surface area contributed by atoms with Crippen molar-refractivity contribution in [2.45, 2.75) is 44.2 Å². The van der Waals surface area contributed by atoms with Gasteiger partial charge < -0.3 is 10.1 Å². The van der Waals surface area contributed by atoms with E-state index in [4.69, 9.17) is 4.74 Å². The second kappa shape index (κ2) is 5.01. The summed E-state index contributed by atoms with van der Waals surface area (Å²) in [4.78, 5) is 4.19. The van der Waals surface area contributed by atoms with Crippen LogP contribution in [0.25, 0.3) is 16.9 Å². The number of aromatic nitrogens is 4. The van der Waals surface area contributed by atoms with Crippen LogP contribution in [-0.4, -0.2) is 37.8 Å². The molecule has 2 atom stereocenters. The smallest absolute Gasteiger partial charge is 0.179 e. The molecule has 2 aromatic heterocycles. The minimum atomic E-state index is -0.295. The predicted molar refractivity (Wildman–Crippen MR) is 95.6 cm³/mol. The quantitative estimate of drug-likeness (QED) is 0.728. The van der Waals surface area contributed by atoms with Crippen LogP contribution in [0.3, 0.4) is 0 Å². The molecule has 2 unspecified atom stereocenters. The first-order valence-corrected chi connectivity index (χ1v) is 8.78. The summed E-state index contributed by atoms with van der Waals surface area (Å²) >= 11 is 0. The second-order valence-electron chi connectivity index (χ2n) is 7.99. The van der Waals surface area contributed by atoms with Crippen LogP contribution >= 0.6 is 0 Å². The molecule has 6 nitrogen and oxygen atoms in total. The Balaban J connectivity index is 1.76. The highest BCUT2D eigenvalue weighted by Crippen LogP contribution is 2.51. The molecule has 1 N–H and O–H groups in total. The molecule has 7 heteroatoms. The van der Waals surface area contributed by atoms with Crippen LogP contribution in [0, 0.1) is 5.82 Å². The number of fused-ring (bicyclic) bond motifs is 4. The van der Waals surface area contributed by atoms with E-state index in [1.54, 1.807) is 29.2 Å². The Bertz CT molecular complexity index is 1030. The van der Waals surface area contributed by atoms with Crippen LogP contribution in [0.1, 0.15) is 32.8 Å². The van der Waals surface area contributed by atoms with E-state index >= 15 is 4.39 Å². The molecular formula is C19H20FN5O. The average molecular weight is 353 g/mol. The van der Waals surface area contributed by atoms with Crippen LogP contribution in [0.4, 0.5) is 10.1 Å². The summed E-state index contributed by atoms with van der Waals surface area (Å²) in [5.41, 5.74) is 3.22. The molecule has 0 bridgehead atoms. The fourth-order valence-electron chi connectivity index (χ4n) is 4.70. The van der Waals surface area contributed by atoms with E-state index in [0.29, 0.717) is 23.5 Å². The number of ether oxygens (including phenoxy) is 1. The summed E-state index contributed by atoms with van der Waals surface area (Å²) in [6.07, 6.45) is 5.78. The highest BCUT2D eigenvalue weighted by atomic mass is 19.1. The van der Waals surface area contributed by atoms with Gasteiger partial charge in [-0.3, -0.25) is 9.38 Å². The summed E-state index contributed by atoms with van der Waals surface area (Å²) in [6.45, 7) is 7.14. The van der Waals surface area contributed by atoms with E-state index in [2.05, 4.69) is 41.3 Å². The zero-order valence-electron chi connectivity index (χ0n) is 15.0. The highest BCUT2D eigenvalue weighted by molar-refractivity contribution is 5.71. The molecule has 0 radical (unpaired) electrons. The molecule has 4 heterocycles. The summed E-state index contributed by atoms with van der Waals surface area (Å²) < 4.78 is 22.9. The average Bonchev–Trinajstić information content (AvgIpc) is 3.21. The van der Waals surface area contributed by atoms with Gasteiger partial charge in [0.25, 0.3) is 0 Å². The monoisotopic (exact) mass is 353 g/mol. The van der Waals surface area contributed by atoms with Gasteiger partial charge in [0.15, 0.2) is 5.65 Å². The lowest BCUT2D eigenvalue weighted by Crippen LogP contribution is -2.56. The molecule has 2 aliphatic heterocycles. The minimum absolute atomic E-state index is 0.0321. The number of anilines is 1. The number of hydrogen-bond acceptors (Lipinski definition) is 5. The van der Waals surface area contributed by atoms with Crippen molar-refractivity contribution < 1.29 is 9.13 Å². The van der Waals surface area contributed by atoms with Gasteiger partial charge >= 0.3 is 0 Å². The maximum Gasteiger partial charge on any atom is 0.179 e. The zero-order chi connectivity index (χ0) is 18.1. The van der Waals surface area contributed by atoms with Gasteiger partial charge in [-0.2, -0.15) is 0 Å². The Labute approximate surface area is 150 Å². The number of nitrogens with one attached hydrogen (secondary N) is 1. The van der Waals surface area contributed by atoms with Crippen molar-refractivity contribution >= 4 is 11.3 Å². The van der Waals surface area contributed by atoms with Crippen molar-refractivity contribution in [1.82, 2.24) is 19.6 Å². The highest BCUT2D eigenvalue weighted by Gasteiger charge is 2.53. The van der Waals surface area contributed by atoms with Crippen LogP contribution in [0.15, 0.2) is 30.9 Å². The van der Waals surface area contributed by atoms with E-state index in [0.717, 1.165) is 17.7 Å². The van der Waals surface area contributed by atoms with Gasteiger partial charge in [-0.1, -0.05) is 6.92 Å². The molecule has 1 fully saturated rings. The summed E-state index contributed by atoms with van der Waals surface area (Å²) in [5.74, 6) is -0.295. The summed E-state index contributed by atoms with van der Waals surface area (Å²) in [6, 6.07) is 3.53. The van der Waals surface area contributed by atoms with Gasteiger partial charge in [0.05, 0.1) is 29.7 Å². The van der Waals surface area contributed by atoms with Crippen LogP contribution in [-0.2, 0) is 10.2 Å². The number of hydrogen-bond donors (Lipinski definition) is 1. The Morgan fingerprint density at radius 3 is 2.96 bits per heavy atom. The zero-order valence-corrected chi connectivity index (χ0v) is 15.0. The van der Waals surface area contributed by atoms with Gasteiger partial charge in [-0.05, 0) is 38.0 Å².